The number of aliphatic hydroxyl groups excluding tert-OH is 14. The van der Waals surface area contributed by atoms with Crippen LogP contribution in [-0.2, 0) is 42.7 Å². The molecule has 0 spiro atoms. The van der Waals surface area contributed by atoms with Crippen molar-refractivity contribution in [3.63, 3.8) is 0 Å². The normalized spacial score (nSPS) is 53.9. The lowest BCUT2D eigenvalue weighted by Crippen LogP contribution is -2.69. The van der Waals surface area contributed by atoms with Crippen LogP contribution in [0, 0.1) is 50.2 Å². The summed E-state index contributed by atoms with van der Waals surface area (Å²) in [5, 5.41) is 164. The van der Waals surface area contributed by atoms with Crippen molar-refractivity contribution < 1.29 is 119 Å². The minimum Gasteiger partial charge on any atom is -0.481 e. The van der Waals surface area contributed by atoms with Crippen molar-refractivity contribution >= 4 is 5.97 Å². The van der Waals surface area contributed by atoms with Crippen molar-refractivity contribution in [2.75, 3.05) is 26.4 Å². The maximum atomic E-state index is 13.3. The summed E-state index contributed by atoms with van der Waals surface area (Å²) >= 11 is 0. The molecule has 448 valence electrons. The zero-order valence-corrected chi connectivity index (χ0v) is 45.6. The maximum Gasteiger partial charge on any atom is 0.312 e. The molecule has 0 aromatic rings. The second kappa shape index (κ2) is 22.1. The van der Waals surface area contributed by atoms with Crippen LogP contribution in [0.3, 0.4) is 0 Å². The zero-order chi connectivity index (χ0) is 57.1. The number of aliphatic hydroxyl groups is 14. The first-order valence-corrected chi connectivity index (χ1v) is 27.9. The Morgan fingerprint density at radius 1 is 0.526 bits per heavy atom. The van der Waals surface area contributed by atoms with E-state index in [1.54, 1.807) is 0 Å². The molecule has 4 aliphatic heterocycles. The fourth-order valence-corrected chi connectivity index (χ4v) is 16.7. The number of fused-ring (bicyclic) bond motifs is 7. The molecule has 5 aliphatic carbocycles. The Morgan fingerprint density at radius 2 is 1.01 bits per heavy atom. The Hall–Kier alpha value is -1.67. The third-order valence-electron chi connectivity index (χ3n) is 21.5. The number of aliphatic carboxylic acids is 1. The SMILES string of the molecule is CC1(C)CCC2(C(=O)O)C(O)CC3(C)C(=CCC4C5(C)CCC(OC6OC(CO)C(O)C(OC7OC(CO)C(O)C(OC8OC(CO)C(O)C(O)C8O)C7O)C6OC6OC(CO)C(O)C(O)C6O)C(C)(C)C5CCC43C)C2C1. The van der Waals surface area contributed by atoms with Gasteiger partial charge in [0, 0.05) is 0 Å². The average Bonchev–Trinajstić information content (AvgIpc) is 3.52. The fourth-order valence-electron chi connectivity index (χ4n) is 16.7. The molecule has 8 fully saturated rings. The summed E-state index contributed by atoms with van der Waals surface area (Å²) in [6, 6.07) is 0. The van der Waals surface area contributed by atoms with Crippen LogP contribution < -0.4 is 0 Å². The lowest BCUT2D eigenvalue weighted by molar-refractivity contribution is -0.405. The third kappa shape index (κ3) is 9.67. The molecule has 9 rings (SSSR count). The van der Waals surface area contributed by atoms with Crippen LogP contribution in [0.5, 0.6) is 0 Å². The zero-order valence-electron chi connectivity index (χ0n) is 45.6. The molecule has 15 N–H and O–H groups in total. The van der Waals surface area contributed by atoms with Gasteiger partial charge in [0.05, 0.1) is 38.6 Å². The van der Waals surface area contributed by atoms with E-state index < -0.39 is 184 Å². The summed E-state index contributed by atoms with van der Waals surface area (Å²) in [6.45, 7) is 12.0. The fraction of sp³-hybridized carbons (Fsp3) is 0.944. The Labute approximate surface area is 453 Å². The van der Waals surface area contributed by atoms with Gasteiger partial charge in [0.2, 0.25) is 0 Å². The third-order valence-corrected chi connectivity index (χ3v) is 21.5. The molecule has 78 heavy (non-hydrogen) atoms. The topological polar surface area (TPSA) is 394 Å². The molecular formula is C54H88O24. The highest BCUT2D eigenvalue weighted by Crippen LogP contribution is 2.76. The highest BCUT2D eigenvalue weighted by Gasteiger charge is 2.72. The Balaban J connectivity index is 1.02. The summed E-state index contributed by atoms with van der Waals surface area (Å²) in [6.07, 6.45) is -30.2. The predicted octanol–water partition coefficient (Wildman–Crippen LogP) is -2.50. The summed E-state index contributed by atoms with van der Waals surface area (Å²) in [4.78, 5) is 13.3. The number of carboxylic acids is 1. The smallest absolute Gasteiger partial charge is 0.312 e. The van der Waals surface area contributed by atoms with E-state index in [-0.39, 0.29) is 34.0 Å². The first-order valence-electron chi connectivity index (χ1n) is 27.9. The number of ether oxygens (including phenoxy) is 8. The highest BCUT2D eigenvalue weighted by atomic mass is 16.8. The van der Waals surface area contributed by atoms with Gasteiger partial charge in [0.25, 0.3) is 0 Å². The van der Waals surface area contributed by atoms with Gasteiger partial charge in [-0.3, -0.25) is 4.79 Å². The highest BCUT2D eigenvalue weighted by molar-refractivity contribution is 5.77. The Bertz CT molecular complexity index is 2150. The number of rotatable bonds is 13. The first-order chi connectivity index (χ1) is 36.5. The predicted molar refractivity (Wildman–Crippen MR) is 265 cm³/mol. The van der Waals surface area contributed by atoms with Crippen LogP contribution in [0.4, 0.5) is 0 Å². The monoisotopic (exact) mass is 1120 g/mol. The van der Waals surface area contributed by atoms with Gasteiger partial charge in [-0.25, -0.2) is 0 Å². The van der Waals surface area contributed by atoms with Gasteiger partial charge in [-0.1, -0.05) is 60.1 Å². The van der Waals surface area contributed by atoms with E-state index in [1.807, 2.05) is 0 Å². The van der Waals surface area contributed by atoms with E-state index in [9.17, 15) is 81.4 Å². The van der Waals surface area contributed by atoms with Crippen molar-refractivity contribution in [2.24, 2.45) is 50.2 Å². The summed E-state index contributed by atoms with van der Waals surface area (Å²) < 4.78 is 48.9. The van der Waals surface area contributed by atoms with Gasteiger partial charge in [0.15, 0.2) is 25.2 Å². The minimum atomic E-state index is -2.10. The summed E-state index contributed by atoms with van der Waals surface area (Å²) in [5.41, 5.74) is -2.03. The van der Waals surface area contributed by atoms with E-state index in [4.69, 9.17) is 37.9 Å². The summed E-state index contributed by atoms with van der Waals surface area (Å²) in [5.74, 6) is -1.16. The van der Waals surface area contributed by atoms with Crippen LogP contribution in [0.15, 0.2) is 11.6 Å². The lowest BCUT2D eigenvalue weighted by Gasteiger charge is -2.71. The average molecular weight is 1120 g/mol. The molecule has 0 aromatic carbocycles. The van der Waals surface area contributed by atoms with Crippen molar-refractivity contribution in [1.82, 2.24) is 0 Å². The van der Waals surface area contributed by atoms with Gasteiger partial charge in [-0.2, -0.15) is 0 Å². The van der Waals surface area contributed by atoms with Gasteiger partial charge < -0.3 is 114 Å². The van der Waals surface area contributed by atoms with E-state index in [0.717, 1.165) is 18.4 Å². The molecule has 24 heteroatoms. The molecule has 4 saturated carbocycles. The van der Waals surface area contributed by atoms with Crippen molar-refractivity contribution in [1.29, 1.82) is 0 Å². The number of carbonyl (C=O) groups is 1. The lowest BCUT2D eigenvalue weighted by atomic mass is 9.33. The second-order valence-electron chi connectivity index (χ2n) is 26.4. The molecule has 24 nitrogen and oxygen atoms in total. The molecule has 0 radical (unpaired) electrons. The molecule has 0 bridgehead atoms. The number of allylic oxidation sites excluding steroid dienone is 2. The standard InChI is InChI=1S/C54H88O24/c1-49(2)14-15-54(48(69)70)23(16-49)22-8-9-29-51(5)12-11-31(50(3,4)28(51)10-13-52(29,6)53(22,7)17-30(54)59)75-47-43(78-45-39(67)37(65)33(61)25(19-56)72-45)42(35(63)27(21-58)74-47)77-46-40(68)41(34(62)26(20-57)73-46)76-44-38(66)36(64)32(60)24(18-55)71-44/h8,23-47,55-68H,9-21H2,1-7H3,(H,69,70). The number of hydrogen-bond donors (Lipinski definition) is 15. The molecular weight excluding hydrogens is 1030 g/mol. The van der Waals surface area contributed by atoms with E-state index in [2.05, 4.69) is 54.5 Å². The maximum absolute atomic E-state index is 13.3. The molecule has 4 saturated heterocycles. The van der Waals surface area contributed by atoms with Crippen LogP contribution in [0.25, 0.3) is 0 Å². The Kier molecular flexibility index (Phi) is 17.2. The van der Waals surface area contributed by atoms with E-state index in [1.165, 1.54) is 0 Å². The van der Waals surface area contributed by atoms with Crippen LogP contribution in [0.2, 0.25) is 0 Å². The number of carboxylic acid groups (broad SMARTS) is 1. The molecule has 0 aromatic heterocycles. The van der Waals surface area contributed by atoms with Crippen LogP contribution in [0.1, 0.15) is 106 Å². The molecule has 9 aliphatic rings. The summed E-state index contributed by atoms with van der Waals surface area (Å²) in [7, 11) is 0. The van der Waals surface area contributed by atoms with E-state index >= 15 is 0 Å². The molecule has 29 atom stereocenters. The minimum absolute atomic E-state index is 0.00597. The first kappa shape index (κ1) is 60.9. The molecule has 29 unspecified atom stereocenters. The van der Waals surface area contributed by atoms with Crippen LogP contribution >= 0.6 is 0 Å². The van der Waals surface area contributed by atoms with Crippen LogP contribution in [-0.4, -0.2) is 244 Å². The molecule has 0 amide bonds. The quantitative estimate of drug-likeness (QED) is 0.0670. The van der Waals surface area contributed by atoms with Crippen molar-refractivity contribution in [3.8, 4) is 0 Å². The van der Waals surface area contributed by atoms with Crippen molar-refractivity contribution in [3.05, 3.63) is 11.6 Å². The second-order valence-corrected chi connectivity index (χ2v) is 26.4. The largest absolute Gasteiger partial charge is 0.481 e. The molecule has 4 heterocycles. The Morgan fingerprint density at radius 3 is 1.55 bits per heavy atom. The van der Waals surface area contributed by atoms with E-state index in [0.29, 0.717) is 44.9 Å². The van der Waals surface area contributed by atoms with Gasteiger partial charge in [-0.05, 0) is 103 Å². The number of hydrogen-bond acceptors (Lipinski definition) is 23. The van der Waals surface area contributed by atoms with Gasteiger partial charge >= 0.3 is 5.97 Å². The van der Waals surface area contributed by atoms with Gasteiger partial charge in [0.1, 0.15) is 103 Å². The van der Waals surface area contributed by atoms with Gasteiger partial charge in [-0.15, -0.1) is 0 Å². The van der Waals surface area contributed by atoms with Crippen molar-refractivity contribution in [2.45, 2.75) is 241 Å².